The predicted octanol–water partition coefficient (Wildman–Crippen LogP) is 5.68. The van der Waals surface area contributed by atoms with E-state index in [1.807, 2.05) is 32.3 Å². The van der Waals surface area contributed by atoms with Crippen LogP contribution in [-0.4, -0.2) is 36.4 Å². The van der Waals surface area contributed by atoms with Gasteiger partial charge in [0.05, 0.1) is 5.56 Å². The van der Waals surface area contributed by atoms with Crippen LogP contribution in [0.3, 0.4) is 0 Å². The fraction of sp³-hybridized carbons (Fsp3) is 0.231. The minimum Gasteiger partial charge on any atom is -0.438 e. The van der Waals surface area contributed by atoms with Gasteiger partial charge in [0.25, 0.3) is 5.91 Å². The summed E-state index contributed by atoms with van der Waals surface area (Å²) in [5.74, 6) is -0.331. The molecule has 2 heterocycles. The summed E-state index contributed by atoms with van der Waals surface area (Å²) in [6.45, 7) is 0.556. The second-order valence-corrected chi connectivity index (χ2v) is 8.31. The largest absolute Gasteiger partial charge is 0.438 e. The van der Waals surface area contributed by atoms with Gasteiger partial charge in [-0.05, 0) is 60.4 Å². The number of oxazole rings is 1. The second kappa shape index (κ2) is 8.11. The monoisotopic (exact) mass is 429 g/mol. The third-order valence-electron chi connectivity index (χ3n) is 6.02. The highest BCUT2D eigenvalue weighted by atomic mass is 19.1. The summed E-state index contributed by atoms with van der Waals surface area (Å²) in [5.41, 5.74) is 4.80. The first-order valence-electron chi connectivity index (χ1n) is 10.7. The number of aromatic nitrogens is 1. The van der Waals surface area contributed by atoms with Gasteiger partial charge in [-0.1, -0.05) is 30.3 Å². The quantitative estimate of drug-likeness (QED) is 0.419. The normalized spacial score (nSPS) is 16.0. The van der Waals surface area contributed by atoms with E-state index in [1.165, 1.54) is 12.1 Å². The van der Waals surface area contributed by atoms with Crippen LogP contribution in [0.25, 0.3) is 22.2 Å². The molecule has 162 valence electrons. The molecule has 0 radical (unpaired) electrons. The number of hydrogen-bond donors (Lipinski definition) is 0. The zero-order chi connectivity index (χ0) is 22.2. The Kier molecular flexibility index (Phi) is 5.13. The molecule has 1 fully saturated rings. The molecule has 5 nitrogen and oxygen atoms in total. The first-order chi connectivity index (χ1) is 15.5. The van der Waals surface area contributed by atoms with E-state index < -0.39 is 5.82 Å². The molecule has 32 heavy (non-hydrogen) atoms. The van der Waals surface area contributed by atoms with E-state index in [4.69, 9.17) is 9.40 Å². The molecule has 0 aliphatic carbocycles. The first kappa shape index (κ1) is 20.2. The Morgan fingerprint density at radius 3 is 2.56 bits per heavy atom. The molecule has 1 aromatic heterocycles. The number of nitrogens with zero attached hydrogens (tertiary/aromatic N) is 3. The number of anilines is 1. The molecule has 1 atom stereocenters. The van der Waals surface area contributed by atoms with Crippen LogP contribution >= 0.6 is 0 Å². The number of hydrogen-bond acceptors (Lipinski definition) is 4. The van der Waals surface area contributed by atoms with E-state index in [0.717, 1.165) is 35.2 Å². The molecule has 1 aliphatic rings. The van der Waals surface area contributed by atoms with Crippen molar-refractivity contribution in [1.82, 2.24) is 9.88 Å². The third kappa shape index (κ3) is 3.62. The molecule has 3 aromatic carbocycles. The SMILES string of the molecule is CN(C)c1ccc(-c2ccc3oc([C@H]4CCCN4C(=O)c4ccccc4F)nc3c2)cc1. The molecule has 0 unspecified atom stereocenters. The number of carbonyl (C=O) groups excluding carboxylic acids is 1. The summed E-state index contributed by atoms with van der Waals surface area (Å²) in [5, 5.41) is 0. The Bertz CT molecular complexity index is 1280. The maximum absolute atomic E-state index is 14.2. The number of rotatable bonds is 4. The van der Waals surface area contributed by atoms with Crippen molar-refractivity contribution in [2.75, 3.05) is 25.5 Å². The van der Waals surface area contributed by atoms with Crippen LogP contribution in [0.1, 0.15) is 35.1 Å². The summed E-state index contributed by atoms with van der Waals surface area (Å²) in [7, 11) is 4.03. The van der Waals surface area contributed by atoms with Gasteiger partial charge in [0, 0.05) is 26.3 Å². The van der Waals surface area contributed by atoms with Crippen molar-refractivity contribution in [2.45, 2.75) is 18.9 Å². The van der Waals surface area contributed by atoms with E-state index >= 15 is 0 Å². The number of halogens is 1. The molecule has 1 saturated heterocycles. The van der Waals surface area contributed by atoms with Crippen molar-refractivity contribution < 1.29 is 13.6 Å². The van der Waals surface area contributed by atoms with Gasteiger partial charge in [-0.2, -0.15) is 0 Å². The number of carbonyl (C=O) groups is 1. The maximum Gasteiger partial charge on any atom is 0.257 e. The third-order valence-corrected chi connectivity index (χ3v) is 6.02. The van der Waals surface area contributed by atoms with Crippen LogP contribution in [0.4, 0.5) is 10.1 Å². The minimum absolute atomic E-state index is 0.0824. The van der Waals surface area contributed by atoms with Gasteiger partial charge in [-0.15, -0.1) is 0 Å². The van der Waals surface area contributed by atoms with Crippen LogP contribution in [-0.2, 0) is 0 Å². The molecule has 0 spiro atoms. The van der Waals surface area contributed by atoms with Gasteiger partial charge in [0.2, 0.25) is 5.89 Å². The van der Waals surface area contributed by atoms with Crippen molar-refractivity contribution in [1.29, 1.82) is 0 Å². The smallest absolute Gasteiger partial charge is 0.257 e. The maximum atomic E-state index is 14.2. The molecular formula is C26H24FN3O2. The van der Waals surface area contributed by atoms with E-state index in [1.54, 1.807) is 17.0 Å². The van der Waals surface area contributed by atoms with Gasteiger partial charge in [-0.25, -0.2) is 9.37 Å². The fourth-order valence-electron chi connectivity index (χ4n) is 4.28. The van der Waals surface area contributed by atoms with Crippen LogP contribution in [0.5, 0.6) is 0 Å². The summed E-state index contributed by atoms with van der Waals surface area (Å²) in [4.78, 5) is 21.4. The lowest BCUT2D eigenvalue weighted by Crippen LogP contribution is -2.31. The van der Waals surface area contributed by atoms with Crippen molar-refractivity contribution in [2.24, 2.45) is 0 Å². The van der Waals surface area contributed by atoms with E-state index in [2.05, 4.69) is 29.2 Å². The summed E-state index contributed by atoms with van der Waals surface area (Å²) in [6.07, 6.45) is 1.57. The Hall–Kier alpha value is -3.67. The van der Waals surface area contributed by atoms with Gasteiger partial charge in [-0.3, -0.25) is 4.79 Å². The lowest BCUT2D eigenvalue weighted by atomic mass is 10.0. The number of likely N-dealkylation sites (tertiary alicyclic amines) is 1. The van der Waals surface area contributed by atoms with Crippen molar-refractivity contribution in [3.63, 3.8) is 0 Å². The molecule has 0 bridgehead atoms. The first-order valence-corrected chi connectivity index (χ1v) is 10.7. The lowest BCUT2D eigenvalue weighted by Gasteiger charge is -2.22. The topological polar surface area (TPSA) is 49.6 Å². The zero-order valence-electron chi connectivity index (χ0n) is 18.1. The molecule has 1 aliphatic heterocycles. The predicted molar refractivity (Wildman–Crippen MR) is 123 cm³/mol. The summed E-state index contributed by atoms with van der Waals surface area (Å²) >= 11 is 0. The Morgan fingerprint density at radius 1 is 1.06 bits per heavy atom. The molecule has 6 heteroatoms. The minimum atomic E-state index is -0.509. The molecule has 0 N–H and O–H groups in total. The highest BCUT2D eigenvalue weighted by Gasteiger charge is 2.35. The molecular weight excluding hydrogens is 405 g/mol. The van der Waals surface area contributed by atoms with Crippen molar-refractivity contribution in [3.8, 4) is 11.1 Å². The number of fused-ring (bicyclic) bond motifs is 1. The van der Waals surface area contributed by atoms with E-state index in [9.17, 15) is 9.18 Å². The van der Waals surface area contributed by atoms with Gasteiger partial charge >= 0.3 is 0 Å². The highest BCUT2D eigenvalue weighted by Crippen LogP contribution is 2.35. The second-order valence-electron chi connectivity index (χ2n) is 8.31. The number of benzene rings is 3. The summed E-state index contributed by atoms with van der Waals surface area (Å²) in [6, 6.07) is 20.1. The van der Waals surface area contributed by atoms with E-state index in [0.29, 0.717) is 18.0 Å². The van der Waals surface area contributed by atoms with Crippen LogP contribution in [0.2, 0.25) is 0 Å². The zero-order valence-corrected chi connectivity index (χ0v) is 18.1. The molecule has 5 rings (SSSR count). The Balaban J connectivity index is 1.44. The molecule has 1 amide bonds. The van der Waals surface area contributed by atoms with Gasteiger partial charge in [0.15, 0.2) is 5.58 Å². The summed E-state index contributed by atoms with van der Waals surface area (Å²) < 4.78 is 20.2. The van der Waals surface area contributed by atoms with Gasteiger partial charge < -0.3 is 14.2 Å². The Morgan fingerprint density at radius 2 is 1.81 bits per heavy atom. The van der Waals surface area contributed by atoms with Crippen LogP contribution in [0, 0.1) is 5.82 Å². The average Bonchev–Trinajstić information content (AvgIpc) is 3.45. The standard InChI is InChI=1S/C26H24FN3O2/c1-29(2)19-12-9-17(10-13-19)18-11-14-24-22(16-18)28-25(32-24)23-8-5-15-30(23)26(31)20-6-3-4-7-21(20)27/h3-4,6-7,9-14,16,23H,5,8,15H2,1-2H3/t23-/m1/s1. The fourth-order valence-corrected chi connectivity index (χ4v) is 4.28. The molecule has 0 saturated carbocycles. The average molecular weight is 429 g/mol. The molecule has 4 aromatic rings. The Labute approximate surface area is 186 Å². The highest BCUT2D eigenvalue weighted by molar-refractivity contribution is 5.95. The van der Waals surface area contributed by atoms with Crippen molar-refractivity contribution in [3.05, 3.63) is 84.0 Å². The lowest BCUT2D eigenvalue weighted by molar-refractivity contribution is 0.0712. The van der Waals surface area contributed by atoms with Crippen LogP contribution < -0.4 is 4.90 Å². The van der Waals surface area contributed by atoms with Crippen LogP contribution in [0.15, 0.2) is 71.1 Å². The van der Waals surface area contributed by atoms with E-state index in [-0.39, 0.29) is 17.5 Å². The van der Waals surface area contributed by atoms with Gasteiger partial charge in [0.1, 0.15) is 17.4 Å². The number of amides is 1. The van der Waals surface area contributed by atoms with Crippen molar-refractivity contribution >= 4 is 22.7 Å².